The maximum Gasteiger partial charge on any atom is 0.258 e. The Bertz CT molecular complexity index is 674. The second-order valence-electron chi connectivity index (χ2n) is 4.37. The largest absolute Gasteiger partial charge is 0.378 e. The lowest BCUT2D eigenvalue weighted by molar-refractivity contribution is 0.0303. The van der Waals surface area contributed by atoms with E-state index >= 15 is 0 Å². The molecule has 1 aliphatic heterocycles. The first-order chi connectivity index (χ1) is 9.25. The molecule has 1 fully saturated rings. The van der Waals surface area contributed by atoms with Crippen molar-refractivity contribution in [1.29, 1.82) is 0 Å². The normalized spacial score (nSPS) is 15.7. The predicted octanol–water partition coefficient (Wildman–Crippen LogP) is 0.395. The molecule has 2 aromatic rings. The topological polar surface area (TPSA) is 75.3 Å². The highest BCUT2D eigenvalue weighted by atomic mass is 16.5. The highest BCUT2D eigenvalue weighted by Crippen LogP contribution is 2.12. The van der Waals surface area contributed by atoms with Gasteiger partial charge in [-0.05, 0) is 18.2 Å². The number of amides is 1. The molecular formula is C13H13N3O3. The molecular weight excluding hydrogens is 246 g/mol. The number of hydrogen-bond donors (Lipinski definition) is 1. The molecule has 1 aliphatic rings. The van der Waals surface area contributed by atoms with Crippen LogP contribution in [0.4, 0.5) is 0 Å². The summed E-state index contributed by atoms with van der Waals surface area (Å²) in [5, 5.41) is 0.487. The quantitative estimate of drug-likeness (QED) is 0.804. The van der Waals surface area contributed by atoms with E-state index in [4.69, 9.17) is 4.74 Å². The summed E-state index contributed by atoms with van der Waals surface area (Å²) in [5.41, 5.74) is 0.880. The molecule has 1 aromatic carbocycles. The lowest BCUT2D eigenvalue weighted by Gasteiger charge is -2.26. The fourth-order valence-corrected chi connectivity index (χ4v) is 2.15. The van der Waals surface area contributed by atoms with Crippen LogP contribution in [0, 0.1) is 0 Å². The number of morpholine rings is 1. The first-order valence-electron chi connectivity index (χ1n) is 6.10. The smallest absolute Gasteiger partial charge is 0.258 e. The van der Waals surface area contributed by atoms with Gasteiger partial charge in [-0.3, -0.25) is 9.59 Å². The van der Waals surface area contributed by atoms with Crippen molar-refractivity contribution in [2.24, 2.45) is 0 Å². The molecule has 1 N–H and O–H groups in total. The third-order valence-electron chi connectivity index (χ3n) is 3.19. The zero-order valence-corrected chi connectivity index (χ0v) is 10.3. The van der Waals surface area contributed by atoms with Crippen LogP contribution in [0.5, 0.6) is 0 Å². The van der Waals surface area contributed by atoms with E-state index in [1.54, 1.807) is 23.1 Å². The lowest BCUT2D eigenvalue weighted by Crippen LogP contribution is -2.40. The van der Waals surface area contributed by atoms with Gasteiger partial charge in [0.15, 0.2) is 0 Å². The van der Waals surface area contributed by atoms with Gasteiger partial charge in [-0.25, -0.2) is 4.98 Å². The van der Waals surface area contributed by atoms with Crippen LogP contribution in [0.2, 0.25) is 0 Å². The molecule has 0 aliphatic carbocycles. The van der Waals surface area contributed by atoms with Gasteiger partial charge in [-0.15, -0.1) is 0 Å². The first kappa shape index (κ1) is 11.9. The number of carbonyl (C=O) groups is 1. The minimum atomic E-state index is -0.199. The summed E-state index contributed by atoms with van der Waals surface area (Å²) < 4.78 is 5.22. The summed E-state index contributed by atoms with van der Waals surface area (Å²) in [6, 6.07) is 4.95. The van der Waals surface area contributed by atoms with E-state index in [9.17, 15) is 9.59 Å². The van der Waals surface area contributed by atoms with Crippen molar-refractivity contribution in [3.63, 3.8) is 0 Å². The zero-order valence-electron chi connectivity index (χ0n) is 10.3. The average Bonchev–Trinajstić information content (AvgIpc) is 2.47. The Morgan fingerprint density at radius 2 is 2.11 bits per heavy atom. The third-order valence-corrected chi connectivity index (χ3v) is 3.19. The minimum absolute atomic E-state index is 0.0488. The van der Waals surface area contributed by atoms with Gasteiger partial charge in [0.2, 0.25) is 0 Å². The molecule has 3 rings (SSSR count). The van der Waals surface area contributed by atoms with E-state index < -0.39 is 0 Å². The highest BCUT2D eigenvalue weighted by molar-refractivity contribution is 5.97. The van der Waals surface area contributed by atoms with Crippen LogP contribution in [-0.4, -0.2) is 47.1 Å². The standard InChI is InChI=1S/C13H13N3O3/c17-12-10-2-1-9(7-11(10)14-8-15-12)13(18)16-3-5-19-6-4-16/h1-2,7-8H,3-6H2,(H,14,15,17). The monoisotopic (exact) mass is 259 g/mol. The molecule has 0 saturated carbocycles. The summed E-state index contributed by atoms with van der Waals surface area (Å²) in [5.74, 6) is -0.0488. The number of ether oxygens (including phenoxy) is 1. The molecule has 98 valence electrons. The van der Waals surface area contributed by atoms with Crippen LogP contribution in [0.15, 0.2) is 29.3 Å². The lowest BCUT2D eigenvalue weighted by atomic mass is 10.1. The van der Waals surface area contributed by atoms with Crippen molar-refractivity contribution in [2.45, 2.75) is 0 Å². The third kappa shape index (κ3) is 2.22. The number of H-pyrrole nitrogens is 1. The molecule has 19 heavy (non-hydrogen) atoms. The van der Waals surface area contributed by atoms with Crippen molar-refractivity contribution >= 4 is 16.8 Å². The van der Waals surface area contributed by atoms with Gasteiger partial charge >= 0.3 is 0 Å². The Balaban J connectivity index is 1.96. The van der Waals surface area contributed by atoms with Crippen LogP contribution in [0.1, 0.15) is 10.4 Å². The summed E-state index contributed by atoms with van der Waals surface area (Å²) in [6.07, 6.45) is 1.34. The molecule has 0 spiro atoms. The van der Waals surface area contributed by atoms with Crippen LogP contribution in [-0.2, 0) is 4.74 Å². The molecule has 0 atom stereocenters. The Hall–Kier alpha value is -2.21. The van der Waals surface area contributed by atoms with Crippen LogP contribution in [0.3, 0.4) is 0 Å². The molecule has 2 heterocycles. The molecule has 1 amide bonds. The van der Waals surface area contributed by atoms with Crippen LogP contribution >= 0.6 is 0 Å². The average molecular weight is 259 g/mol. The number of rotatable bonds is 1. The summed E-state index contributed by atoms with van der Waals surface area (Å²) in [4.78, 5) is 32.2. The summed E-state index contributed by atoms with van der Waals surface area (Å²) in [7, 11) is 0. The number of nitrogens with one attached hydrogen (secondary N) is 1. The molecule has 0 unspecified atom stereocenters. The zero-order chi connectivity index (χ0) is 13.2. The van der Waals surface area contributed by atoms with Gasteiger partial charge in [0, 0.05) is 18.7 Å². The molecule has 0 radical (unpaired) electrons. The van der Waals surface area contributed by atoms with E-state index in [2.05, 4.69) is 9.97 Å². The maximum absolute atomic E-state index is 12.3. The van der Waals surface area contributed by atoms with Crippen molar-refractivity contribution < 1.29 is 9.53 Å². The van der Waals surface area contributed by atoms with Gasteiger partial charge in [0.05, 0.1) is 30.4 Å². The first-order valence-corrected chi connectivity index (χ1v) is 6.10. The van der Waals surface area contributed by atoms with Gasteiger partial charge in [-0.2, -0.15) is 0 Å². The van der Waals surface area contributed by atoms with E-state index in [1.165, 1.54) is 6.33 Å². The minimum Gasteiger partial charge on any atom is -0.378 e. The predicted molar refractivity (Wildman–Crippen MR) is 69.1 cm³/mol. The van der Waals surface area contributed by atoms with Crippen molar-refractivity contribution in [1.82, 2.24) is 14.9 Å². The van der Waals surface area contributed by atoms with Gasteiger partial charge in [-0.1, -0.05) is 0 Å². The van der Waals surface area contributed by atoms with E-state index in [0.29, 0.717) is 42.8 Å². The molecule has 6 nitrogen and oxygen atoms in total. The Morgan fingerprint density at radius 1 is 1.32 bits per heavy atom. The van der Waals surface area contributed by atoms with Crippen molar-refractivity contribution in [3.05, 3.63) is 40.4 Å². The van der Waals surface area contributed by atoms with Crippen molar-refractivity contribution in [2.75, 3.05) is 26.3 Å². The summed E-state index contributed by atoms with van der Waals surface area (Å²) >= 11 is 0. The Kier molecular flexibility index (Phi) is 3.00. The van der Waals surface area contributed by atoms with Crippen LogP contribution < -0.4 is 5.56 Å². The van der Waals surface area contributed by atoms with Gasteiger partial charge < -0.3 is 14.6 Å². The Morgan fingerprint density at radius 3 is 2.89 bits per heavy atom. The van der Waals surface area contributed by atoms with Gasteiger partial charge in [0.1, 0.15) is 0 Å². The number of aromatic nitrogens is 2. The second-order valence-corrected chi connectivity index (χ2v) is 4.37. The summed E-state index contributed by atoms with van der Waals surface area (Å²) in [6.45, 7) is 2.33. The fraction of sp³-hybridized carbons (Fsp3) is 0.308. The molecule has 1 aromatic heterocycles. The SMILES string of the molecule is O=C(c1ccc2c(=O)[nH]cnc2c1)N1CCOCC1. The molecule has 6 heteroatoms. The van der Waals surface area contributed by atoms with E-state index in [1.807, 2.05) is 0 Å². The number of hydrogen-bond acceptors (Lipinski definition) is 4. The maximum atomic E-state index is 12.3. The number of carbonyl (C=O) groups excluding carboxylic acids is 1. The number of nitrogens with zero attached hydrogens (tertiary/aromatic N) is 2. The highest BCUT2D eigenvalue weighted by Gasteiger charge is 2.18. The van der Waals surface area contributed by atoms with Crippen molar-refractivity contribution in [3.8, 4) is 0 Å². The molecule has 0 bridgehead atoms. The van der Waals surface area contributed by atoms with E-state index in [-0.39, 0.29) is 11.5 Å². The Labute approximate surface area is 109 Å². The number of benzene rings is 1. The number of aromatic amines is 1. The second kappa shape index (κ2) is 4.81. The van der Waals surface area contributed by atoms with Gasteiger partial charge in [0.25, 0.3) is 11.5 Å². The number of fused-ring (bicyclic) bond motifs is 1. The molecule has 1 saturated heterocycles. The van der Waals surface area contributed by atoms with E-state index in [0.717, 1.165) is 0 Å². The fourth-order valence-electron chi connectivity index (χ4n) is 2.15. The van der Waals surface area contributed by atoms with Crippen LogP contribution in [0.25, 0.3) is 10.9 Å².